The minimum atomic E-state index is -0.234. The summed E-state index contributed by atoms with van der Waals surface area (Å²) in [6.45, 7) is 2.66. The fourth-order valence-corrected chi connectivity index (χ4v) is 4.12. The summed E-state index contributed by atoms with van der Waals surface area (Å²) in [5.74, 6) is -0.458. The fraction of sp³-hybridized carbons (Fsp3) is 0.333. The lowest BCUT2D eigenvalue weighted by Crippen LogP contribution is -2.29. The number of carbonyl (C=O) groups excluding carboxylic acids is 2. The summed E-state index contributed by atoms with van der Waals surface area (Å²) in [5.41, 5.74) is 16.6. The molecule has 0 saturated carbocycles. The molecule has 2 aromatic rings. The number of anilines is 2. The number of nitrogens with two attached hydrogens (primary N) is 2. The molecule has 5 heteroatoms. The molecule has 5 nitrogen and oxygen atoms in total. The number of rotatable bonds is 3. The molecule has 1 heterocycles. The van der Waals surface area contributed by atoms with Crippen molar-refractivity contribution in [3.63, 3.8) is 0 Å². The molecule has 0 bridgehead atoms. The fourth-order valence-electron chi connectivity index (χ4n) is 4.12. The molecular formula is C21H22N2O3. The van der Waals surface area contributed by atoms with E-state index < -0.39 is 0 Å². The van der Waals surface area contributed by atoms with Crippen LogP contribution in [0.3, 0.4) is 0 Å². The number of hydrogen-bond donors (Lipinski definition) is 2. The van der Waals surface area contributed by atoms with Crippen molar-refractivity contribution in [3.8, 4) is 0 Å². The van der Waals surface area contributed by atoms with Crippen molar-refractivity contribution in [1.29, 1.82) is 0 Å². The topological polar surface area (TPSA) is 95.4 Å². The van der Waals surface area contributed by atoms with Crippen LogP contribution < -0.4 is 11.5 Å². The van der Waals surface area contributed by atoms with Crippen LogP contribution in [0.1, 0.15) is 75.3 Å². The molecule has 0 fully saturated rings. The van der Waals surface area contributed by atoms with E-state index in [1.165, 1.54) is 0 Å². The lowest BCUT2D eigenvalue weighted by atomic mass is 9.77. The predicted molar refractivity (Wildman–Crippen MR) is 100 cm³/mol. The van der Waals surface area contributed by atoms with Gasteiger partial charge in [-0.05, 0) is 18.4 Å². The van der Waals surface area contributed by atoms with E-state index in [0.29, 0.717) is 35.5 Å². The lowest BCUT2D eigenvalue weighted by Gasteiger charge is -2.32. The minimum Gasteiger partial charge on any atom is -0.398 e. The van der Waals surface area contributed by atoms with E-state index >= 15 is 0 Å². The summed E-state index contributed by atoms with van der Waals surface area (Å²) < 4.78 is 5.93. The summed E-state index contributed by atoms with van der Waals surface area (Å²) in [7, 11) is 0. The molecular weight excluding hydrogens is 328 g/mol. The Morgan fingerprint density at radius 1 is 1.04 bits per heavy atom. The van der Waals surface area contributed by atoms with Crippen LogP contribution in [0, 0.1) is 0 Å². The van der Waals surface area contributed by atoms with Gasteiger partial charge in [0.25, 0.3) is 0 Å². The highest BCUT2D eigenvalue weighted by atomic mass is 16.5. The monoisotopic (exact) mass is 350 g/mol. The molecule has 1 atom stereocenters. The number of benzene rings is 2. The lowest BCUT2D eigenvalue weighted by molar-refractivity contribution is 0.0358. The second-order valence-electron chi connectivity index (χ2n) is 6.93. The van der Waals surface area contributed by atoms with Gasteiger partial charge in [-0.15, -0.1) is 0 Å². The first-order valence-electron chi connectivity index (χ1n) is 9.09. The summed E-state index contributed by atoms with van der Waals surface area (Å²) in [6.07, 6.45) is 3.29. The van der Waals surface area contributed by atoms with Gasteiger partial charge in [0.1, 0.15) is 0 Å². The van der Waals surface area contributed by atoms with Gasteiger partial charge in [0.05, 0.1) is 23.8 Å². The zero-order valence-corrected chi connectivity index (χ0v) is 14.8. The second-order valence-corrected chi connectivity index (χ2v) is 6.93. The second kappa shape index (κ2) is 6.25. The van der Waals surface area contributed by atoms with Crippen LogP contribution in [0.15, 0.2) is 24.3 Å². The summed E-state index contributed by atoms with van der Waals surface area (Å²) >= 11 is 0. The van der Waals surface area contributed by atoms with Crippen molar-refractivity contribution >= 4 is 22.9 Å². The van der Waals surface area contributed by atoms with E-state index in [4.69, 9.17) is 16.2 Å². The van der Waals surface area contributed by atoms with Gasteiger partial charge in [-0.2, -0.15) is 0 Å². The third kappa shape index (κ3) is 2.27. The van der Waals surface area contributed by atoms with Crippen molar-refractivity contribution in [2.75, 3.05) is 18.1 Å². The molecule has 0 saturated heterocycles. The first-order chi connectivity index (χ1) is 12.6. The van der Waals surface area contributed by atoms with Crippen LogP contribution in [0.2, 0.25) is 0 Å². The Morgan fingerprint density at radius 2 is 1.65 bits per heavy atom. The molecule has 0 aromatic heterocycles. The van der Waals surface area contributed by atoms with Crippen LogP contribution in [0.4, 0.5) is 11.4 Å². The molecule has 0 amide bonds. The Labute approximate surface area is 152 Å². The number of unbranched alkanes of at least 4 members (excludes halogenated alkanes) is 1. The van der Waals surface area contributed by atoms with Crippen LogP contribution in [0.25, 0.3) is 0 Å². The number of carbonyl (C=O) groups is 2. The molecule has 2 aliphatic rings. The molecule has 1 aliphatic heterocycles. The minimum absolute atomic E-state index is 0.175. The smallest absolute Gasteiger partial charge is 0.196 e. The maximum atomic E-state index is 13.1. The van der Waals surface area contributed by atoms with E-state index in [1.54, 1.807) is 24.3 Å². The zero-order valence-electron chi connectivity index (χ0n) is 14.8. The predicted octanol–water partition coefficient (Wildman–Crippen LogP) is 3.43. The highest BCUT2D eigenvalue weighted by Gasteiger charge is 2.38. The van der Waals surface area contributed by atoms with Crippen molar-refractivity contribution in [1.82, 2.24) is 0 Å². The van der Waals surface area contributed by atoms with Crippen molar-refractivity contribution in [2.45, 2.75) is 38.7 Å². The first kappa shape index (κ1) is 16.8. The average Bonchev–Trinajstić information content (AvgIpc) is 2.67. The van der Waals surface area contributed by atoms with Gasteiger partial charge in [0, 0.05) is 28.1 Å². The van der Waals surface area contributed by atoms with E-state index in [9.17, 15) is 9.59 Å². The number of hydrogen-bond acceptors (Lipinski definition) is 5. The molecule has 1 aliphatic carbocycles. The third-order valence-electron chi connectivity index (χ3n) is 5.41. The maximum absolute atomic E-state index is 13.1. The van der Waals surface area contributed by atoms with Crippen LogP contribution in [0.5, 0.6) is 0 Å². The highest BCUT2D eigenvalue weighted by molar-refractivity contribution is 6.32. The molecule has 2 aromatic carbocycles. The van der Waals surface area contributed by atoms with Gasteiger partial charge in [0.2, 0.25) is 0 Å². The van der Waals surface area contributed by atoms with Gasteiger partial charge >= 0.3 is 0 Å². The maximum Gasteiger partial charge on any atom is 0.196 e. The van der Waals surface area contributed by atoms with E-state index in [1.807, 2.05) is 0 Å². The number of nitrogen functional groups attached to an aromatic ring is 2. The number of ketones is 2. The quantitative estimate of drug-likeness (QED) is 0.557. The van der Waals surface area contributed by atoms with Gasteiger partial charge in [-0.3, -0.25) is 9.59 Å². The molecule has 0 spiro atoms. The highest BCUT2D eigenvalue weighted by Crippen LogP contribution is 2.45. The molecule has 4 N–H and O–H groups in total. The van der Waals surface area contributed by atoms with Crippen LogP contribution in [-0.4, -0.2) is 18.2 Å². The number of fused-ring (bicyclic) bond motifs is 3. The first-order valence-corrected chi connectivity index (χ1v) is 9.09. The molecule has 0 radical (unpaired) electrons. The Morgan fingerprint density at radius 3 is 2.27 bits per heavy atom. The normalized spacial score (nSPS) is 18.3. The average molecular weight is 350 g/mol. The Hall–Kier alpha value is -2.66. The summed E-state index contributed by atoms with van der Waals surface area (Å²) in [4.78, 5) is 26.2. The van der Waals surface area contributed by atoms with Crippen molar-refractivity contribution in [2.24, 2.45) is 0 Å². The Balaban J connectivity index is 1.97. The van der Waals surface area contributed by atoms with E-state index in [-0.39, 0.29) is 28.8 Å². The standard InChI is InChI=1S/C21H22N2O3/c1-2-3-8-14-15-13(9-10-26-14)18(22)16-17(19(15)23)21(25)12-7-5-4-6-11(12)20(16)24/h4-7,14H,2-3,8-10,22-23H2,1H3. The zero-order chi connectivity index (χ0) is 18.4. The summed E-state index contributed by atoms with van der Waals surface area (Å²) in [6, 6.07) is 6.83. The SMILES string of the molecule is CCCCC1OCCc2c(N)c3c(c(N)c21)C(=O)c1ccccc1C3=O. The molecule has 4 rings (SSSR count). The van der Waals surface area contributed by atoms with E-state index in [0.717, 1.165) is 30.4 Å². The van der Waals surface area contributed by atoms with Crippen LogP contribution >= 0.6 is 0 Å². The van der Waals surface area contributed by atoms with Gasteiger partial charge in [-0.1, -0.05) is 44.0 Å². The third-order valence-corrected chi connectivity index (χ3v) is 5.41. The van der Waals surface area contributed by atoms with Gasteiger partial charge in [-0.25, -0.2) is 0 Å². The van der Waals surface area contributed by atoms with Crippen molar-refractivity contribution < 1.29 is 14.3 Å². The van der Waals surface area contributed by atoms with Gasteiger partial charge in [0.15, 0.2) is 11.6 Å². The van der Waals surface area contributed by atoms with Crippen molar-refractivity contribution in [3.05, 3.63) is 57.6 Å². The van der Waals surface area contributed by atoms with Gasteiger partial charge < -0.3 is 16.2 Å². The Kier molecular flexibility index (Phi) is 4.04. The summed E-state index contributed by atoms with van der Waals surface area (Å²) in [5, 5.41) is 0. The Bertz CT molecular complexity index is 933. The molecule has 1 unspecified atom stereocenters. The number of ether oxygens (including phenoxy) is 1. The van der Waals surface area contributed by atoms with E-state index in [2.05, 4.69) is 6.92 Å². The largest absolute Gasteiger partial charge is 0.398 e. The molecule has 134 valence electrons. The molecule has 26 heavy (non-hydrogen) atoms. The van der Waals surface area contributed by atoms with Crippen LogP contribution in [-0.2, 0) is 11.2 Å².